The van der Waals surface area contributed by atoms with Crippen LogP contribution in [-0.2, 0) is 0 Å². The fourth-order valence-electron chi connectivity index (χ4n) is 3.83. The highest BCUT2D eigenvalue weighted by Gasteiger charge is 2.13. The van der Waals surface area contributed by atoms with Crippen LogP contribution in [0.4, 0.5) is 17.6 Å². The van der Waals surface area contributed by atoms with Crippen LogP contribution in [0.3, 0.4) is 0 Å². The highest BCUT2D eigenvalue weighted by Crippen LogP contribution is 2.38. The molecule has 5 aromatic rings. The summed E-state index contributed by atoms with van der Waals surface area (Å²) < 4.78 is 55.4. The van der Waals surface area contributed by atoms with E-state index >= 15 is 0 Å². The summed E-state index contributed by atoms with van der Waals surface area (Å²) >= 11 is 9.99. The Morgan fingerprint density at radius 1 is 0.531 bits per heavy atom. The Morgan fingerprint density at radius 3 is 1.53 bits per heavy atom. The Balaban J connectivity index is 1.66. The van der Waals surface area contributed by atoms with Gasteiger partial charge in [0.1, 0.15) is 0 Å². The number of benzene rings is 5. The molecule has 32 heavy (non-hydrogen) atoms. The molecule has 0 aliphatic heterocycles. The molecule has 0 saturated carbocycles. The summed E-state index contributed by atoms with van der Waals surface area (Å²) in [4.78, 5) is 0. The topological polar surface area (TPSA) is 0 Å². The molecule has 0 aliphatic carbocycles. The van der Waals surface area contributed by atoms with Crippen LogP contribution < -0.4 is 0 Å². The quantitative estimate of drug-likeness (QED) is 0.206. The molecule has 0 aliphatic rings. The molecule has 0 spiro atoms. The Kier molecular flexibility index (Phi) is 5.19. The van der Waals surface area contributed by atoms with Crippen LogP contribution in [-0.4, -0.2) is 0 Å². The maximum Gasteiger partial charge on any atom is 0.159 e. The maximum atomic E-state index is 13.7. The van der Waals surface area contributed by atoms with Crippen LogP contribution in [0.1, 0.15) is 0 Å². The molecule has 5 aromatic carbocycles. The van der Waals surface area contributed by atoms with Crippen molar-refractivity contribution in [2.24, 2.45) is 0 Å². The molecule has 5 rings (SSSR count). The van der Waals surface area contributed by atoms with Gasteiger partial charge in [-0.3, -0.25) is 0 Å². The Hall–Kier alpha value is -2.89. The zero-order valence-corrected chi connectivity index (χ0v) is 18.5. The predicted molar refractivity (Wildman–Crippen MR) is 125 cm³/mol. The van der Waals surface area contributed by atoms with Gasteiger partial charge in [-0.05, 0) is 92.8 Å². The van der Waals surface area contributed by atoms with Gasteiger partial charge in [-0.2, -0.15) is 0 Å². The minimum Gasteiger partial charge on any atom is -0.204 e. The monoisotopic (exact) mass is 514 g/mol. The van der Waals surface area contributed by atoms with Gasteiger partial charge in [0.05, 0.1) is 0 Å². The number of halogens is 6. The van der Waals surface area contributed by atoms with Crippen molar-refractivity contribution < 1.29 is 17.6 Å². The first-order chi connectivity index (χ1) is 15.3. The first kappa shape index (κ1) is 21.0. The van der Waals surface area contributed by atoms with Crippen molar-refractivity contribution in [1.29, 1.82) is 0 Å². The summed E-state index contributed by atoms with van der Waals surface area (Å²) in [7, 11) is 0. The van der Waals surface area contributed by atoms with Crippen LogP contribution in [0.2, 0.25) is 5.02 Å². The van der Waals surface area contributed by atoms with E-state index < -0.39 is 23.3 Å². The summed E-state index contributed by atoms with van der Waals surface area (Å²) in [6.07, 6.45) is 0. The number of hydrogen-bond acceptors (Lipinski definition) is 0. The molecular formula is C26H12BrClF4. The average molecular weight is 516 g/mol. The van der Waals surface area contributed by atoms with Gasteiger partial charge in [0.2, 0.25) is 0 Å². The number of rotatable bonds is 2. The summed E-state index contributed by atoms with van der Waals surface area (Å²) in [6, 6.07) is 18.9. The molecule has 6 heteroatoms. The second-order valence-electron chi connectivity index (χ2n) is 7.47. The van der Waals surface area contributed by atoms with Crippen molar-refractivity contribution >= 4 is 49.1 Å². The third-order valence-electron chi connectivity index (χ3n) is 5.42. The second kappa shape index (κ2) is 7.91. The van der Waals surface area contributed by atoms with Crippen LogP contribution in [0.25, 0.3) is 43.8 Å². The summed E-state index contributed by atoms with van der Waals surface area (Å²) in [5, 5.41) is 2.56. The Morgan fingerprint density at radius 2 is 0.969 bits per heavy atom. The molecule has 158 valence electrons. The van der Waals surface area contributed by atoms with E-state index in [-0.39, 0.29) is 0 Å². The lowest BCUT2D eigenvalue weighted by Crippen LogP contribution is -1.89. The van der Waals surface area contributed by atoms with E-state index in [1.54, 1.807) is 24.3 Å². The fraction of sp³-hybridized carbons (Fsp3) is 0. The average Bonchev–Trinajstić information content (AvgIpc) is 2.75. The highest BCUT2D eigenvalue weighted by atomic mass is 79.9. The zero-order valence-electron chi connectivity index (χ0n) is 16.2. The van der Waals surface area contributed by atoms with E-state index in [4.69, 9.17) is 11.6 Å². The third kappa shape index (κ3) is 3.65. The van der Waals surface area contributed by atoms with E-state index in [1.807, 2.05) is 24.3 Å². The van der Waals surface area contributed by atoms with Crippen molar-refractivity contribution in [2.45, 2.75) is 0 Å². The van der Waals surface area contributed by atoms with Gasteiger partial charge in [0.25, 0.3) is 0 Å². The van der Waals surface area contributed by atoms with Crippen LogP contribution in [0.5, 0.6) is 0 Å². The van der Waals surface area contributed by atoms with Gasteiger partial charge >= 0.3 is 0 Å². The van der Waals surface area contributed by atoms with E-state index in [1.165, 1.54) is 6.07 Å². The molecule has 0 unspecified atom stereocenters. The molecule has 0 atom stereocenters. The standard InChI is InChI=1S/C26H12BrClF4/c27-21-7-17-11-25(31)23(29)9-15(17)5-19(21)13-2-1-3-14(4-13)20-6-16-10-24(30)26(32)12-18(16)8-22(20)28/h1-12H. The van der Waals surface area contributed by atoms with E-state index in [9.17, 15) is 17.6 Å². The van der Waals surface area contributed by atoms with Crippen molar-refractivity contribution in [3.8, 4) is 22.3 Å². The zero-order chi connectivity index (χ0) is 22.6. The summed E-state index contributed by atoms with van der Waals surface area (Å²) in [5.74, 6) is -3.67. The van der Waals surface area contributed by atoms with Gasteiger partial charge < -0.3 is 0 Å². The Labute approximate surface area is 194 Å². The summed E-state index contributed by atoms with van der Waals surface area (Å²) in [6.45, 7) is 0. The van der Waals surface area contributed by atoms with Crippen LogP contribution in [0, 0.1) is 23.3 Å². The Bertz CT molecular complexity index is 1430. The minimum atomic E-state index is -0.930. The lowest BCUT2D eigenvalue weighted by atomic mass is 9.96. The molecule has 0 bridgehead atoms. The molecule has 0 radical (unpaired) electrons. The lowest BCUT2D eigenvalue weighted by molar-refractivity contribution is 0.511. The second-order valence-corrected chi connectivity index (χ2v) is 8.73. The van der Waals surface area contributed by atoms with Crippen LogP contribution in [0.15, 0.2) is 77.3 Å². The van der Waals surface area contributed by atoms with Gasteiger partial charge in [0, 0.05) is 15.1 Å². The van der Waals surface area contributed by atoms with Gasteiger partial charge in [0.15, 0.2) is 23.3 Å². The molecule has 0 N–H and O–H groups in total. The van der Waals surface area contributed by atoms with E-state index in [0.29, 0.717) is 32.1 Å². The number of hydrogen-bond donors (Lipinski definition) is 0. The molecule has 0 fully saturated rings. The maximum absolute atomic E-state index is 13.7. The van der Waals surface area contributed by atoms with Crippen LogP contribution >= 0.6 is 27.5 Å². The molecular weight excluding hydrogens is 504 g/mol. The van der Waals surface area contributed by atoms with E-state index in [2.05, 4.69) is 15.9 Å². The molecule has 0 nitrogen and oxygen atoms in total. The first-order valence-electron chi connectivity index (χ1n) is 9.57. The van der Waals surface area contributed by atoms with Crippen molar-refractivity contribution in [3.05, 3.63) is 106 Å². The first-order valence-corrected chi connectivity index (χ1v) is 10.7. The smallest absolute Gasteiger partial charge is 0.159 e. The largest absolute Gasteiger partial charge is 0.204 e. The molecule has 0 saturated heterocycles. The summed E-state index contributed by atoms with van der Waals surface area (Å²) in [5.41, 5.74) is 3.05. The SMILES string of the molecule is Fc1cc2cc(Cl)c(-c3cccc(-c4cc5cc(F)c(F)cc5cc4Br)c3)cc2cc1F. The molecule has 0 aromatic heterocycles. The van der Waals surface area contributed by atoms with Gasteiger partial charge in [-0.25, -0.2) is 17.6 Å². The molecule has 0 heterocycles. The highest BCUT2D eigenvalue weighted by molar-refractivity contribution is 9.10. The van der Waals surface area contributed by atoms with Gasteiger partial charge in [-0.1, -0.05) is 45.7 Å². The van der Waals surface area contributed by atoms with Crippen molar-refractivity contribution in [1.82, 2.24) is 0 Å². The fourth-order valence-corrected chi connectivity index (χ4v) is 4.70. The van der Waals surface area contributed by atoms with E-state index in [0.717, 1.165) is 39.4 Å². The van der Waals surface area contributed by atoms with Crippen molar-refractivity contribution in [2.75, 3.05) is 0 Å². The lowest BCUT2D eigenvalue weighted by Gasteiger charge is -2.12. The molecule has 0 amide bonds. The predicted octanol–water partition coefficient (Wildman–Crippen LogP) is 9.30. The minimum absolute atomic E-state index is 0.399. The normalized spacial score (nSPS) is 11.4. The number of fused-ring (bicyclic) bond motifs is 2. The van der Waals surface area contributed by atoms with Gasteiger partial charge in [-0.15, -0.1) is 0 Å². The van der Waals surface area contributed by atoms with Crippen molar-refractivity contribution in [3.63, 3.8) is 0 Å². The third-order valence-corrected chi connectivity index (χ3v) is 6.38.